The average molecular weight is 490 g/mol. The van der Waals surface area contributed by atoms with Crippen LogP contribution >= 0.6 is 0 Å². The summed E-state index contributed by atoms with van der Waals surface area (Å²) in [6, 6.07) is 14.0. The number of nitrogens with one attached hydrogen (secondary N) is 2. The van der Waals surface area contributed by atoms with Crippen LogP contribution in [0.3, 0.4) is 0 Å². The van der Waals surface area contributed by atoms with E-state index >= 15 is 0 Å². The Balaban J connectivity index is 1.71. The molecule has 2 rings (SSSR count). The molecule has 2 aromatic carbocycles. The maximum atomic E-state index is 12.5. The third-order valence-electron chi connectivity index (χ3n) is 4.80. The number of hydrogen-bond donors (Lipinski definition) is 2. The molecule has 2 aromatic rings. The fourth-order valence-corrected chi connectivity index (χ4v) is 4.04. The lowest BCUT2D eigenvalue weighted by atomic mass is 10.2. The van der Waals surface area contributed by atoms with Crippen LogP contribution in [0.1, 0.15) is 39.5 Å². The molecule has 0 radical (unpaired) electrons. The number of rotatable bonds is 13. The molecule has 186 valence electrons. The van der Waals surface area contributed by atoms with E-state index in [1.807, 2.05) is 43.3 Å². The second kappa shape index (κ2) is 13.7. The van der Waals surface area contributed by atoms with Crippen LogP contribution in [0.15, 0.2) is 63.7 Å². The first-order valence-electron chi connectivity index (χ1n) is 11.4. The molecule has 34 heavy (non-hydrogen) atoms. The highest BCUT2D eigenvalue weighted by molar-refractivity contribution is 7.89. The van der Waals surface area contributed by atoms with Gasteiger partial charge in [0, 0.05) is 32.9 Å². The van der Waals surface area contributed by atoms with Gasteiger partial charge < -0.3 is 15.0 Å². The van der Waals surface area contributed by atoms with Crippen LogP contribution in [0.4, 0.5) is 21.9 Å². The molecule has 0 saturated carbocycles. The second-order valence-electron chi connectivity index (χ2n) is 8.30. The van der Waals surface area contributed by atoms with Gasteiger partial charge in [-0.3, -0.25) is 0 Å². The minimum atomic E-state index is -3.58. The average Bonchev–Trinajstić information content (AvgIpc) is 2.79. The van der Waals surface area contributed by atoms with Crippen LogP contribution in [0.2, 0.25) is 0 Å². The first kappa shape index (κ1) is 27.3. The van der Waals surface area contributed by atoms with Crippen molar-refractivity contribution in [3.8, 4) is 0 Å². The number of unbranched alkanes of at least 4 members (excludes halogenated alkanes) is 3. The Hall–Kier alpha value is -2.98. The molecule has 0 bridgehead atoms. The normalized spacial score (nSPS) is 11.7. The van der Waals surface area contributed by atoms with E-state index < -0.39 is 16.1 Å². The molecule has 0 aliphatic carbocycles. The van der Waals surface area contributed by atoms with Gasteiger partial charge in [0.05, 0.1) is 22.4 Å². The van der Waals surface area contributed by atoms with Crippen molar-refractivity contribution in [2.24, 2.45) is 10.2 Å². The third kappa shape index (κ3) is 9.88. The second-order valence-corrected chi connectivity index (χ2v) is 10.1. The Kier molecular flexibility index (Phi) is 11.0. The molecule has 0 aliphatic heterocycles. The molecule has 10 heteroatoms. The Morgan fingerprint density at radius 2 is 1.41 bits per heavy atom. The minimum absolute atomic E-state index is 0.139. The van der Waals surface area contributed by atoms with Crippen molar-refractivity contribution in [1.82, 2.24) is 10.0 Å². The van der Waals surface area contributed by atoms with E-state index in [-0.39, 0.29) is 11.0 Å². The summed E-state index contributed by atoms with van der Waals surface area (Å²) in [6.07, 6.45) is 2.73. The molecule has 0 unspecified atom stereocenters. The topological polar surface area (TPSA) is 112 Å². The summed E-state index contributed by atoms with van der Waals surface area (Å²) in [5.74, 6) is 0. The van der Waals surface area contributed by atoms with Gasteiger partial charge in [-0.1, -0.05) is 12.8 Å². The van der Waals surface area contributed by atoms with Crippen LogP contribution in [0, 0.1) is 0 Å². The largest absolute Gasteiger partial charge is 0.447 e. The van der Waals surface area contributed by atoms with Gasteiger partial charge in [-0.05, 0) is 75.2 Å². The van der Waals surface area contributed by atoms with Crippen molar-refractivity contribution in [2.75, 3.05) is 32.1 Å². The van der Waals surface area contributed by atoms with Crippen LogP contribution < -0.4 is 14.9 Å². The smallest absolute Gasteiger partial charge is 0.407 e. The molecule has 0 fully saturated rings. The Labute approximate surface area is 202 Å². The van der Waals surface area contributed by atoms with Gasteiger partial charge in [-0.25, -0.2) is 17.9 Å². The highest BCUT2D eigenvalue weighted by Crippen LogP contribution is 2.22. The first-order valence-corrected chi connectivity index (χ1v) is 12.9. The number of alkyl carbamates (subject to hydrolysis) is 1. The van der Waals surface area contributed by atoms with Crippen LogP contribution in [0.25, 0.3) is 0 Å². The van der Waals surface area contributed by atoms with Crippen molar-refractivity contribution in [2.45, 2.75) is 50.5 Å². The predicted molar refractivity (Wildman–Crippen MR) is 135 cm³/mol. The van der Waals surface area contributed by atoms with E-state index in [1.54, 1.807) is 26.0 Å². The Morgan fingerprint density at radius 1 is 0.882 bits per heavy atom. The quantitative estimate of drug-likeness (QED) is 0.299. The van der Waals surface area contributed by atoms with E-state index in [9.17, 15) is 13.2 Å². The summed E-state index contributed by atoms with van der Waals surface area (Å²) in [4.78, 5) is 13.6. The summed E-state index contributed by atoms with van der Waals surface area (Å²) >= 11 is 0. The molecule has 0 heterocycles. The molecule has 9 nitrogen and oxygen atoms in total. The zero-order chi connectivity index (χ0) is 25.0. The number of sulfonamides is 1. The summed E-state index contributed by atoms with van der Waals surface area (Å²) in [7, 11) is 0.358. The number of anilines is 1. The maximum Gasteiger partial charge on any atom is 0.407 e. The molecule has 0 aliphatic rings. The van der Waals surface area contributed by atoms with Crippen LogP contribution in [-0.2, 0) is 14.8 Å². The fourth-order valence-electron chi connectivity index (χ4n) is 2.96. The van der Waals surface area contributed by atoms with E-state index in [2.05, 4.69) is 20.3 Å². The van der Waals surface area contributed by atoms with Gasteiger partial charge in [0.2, 0.25) is 10.0 Å². The van der Waals surface area contributed by atoms with Gasteiger partial charge in [0.25, 0.3) is 0 Å². The van der Waals surface area contributed by atoms with Crippen molar-refractivity contribution in [1.29, 1.82) is 0 Å². The number of azo groups is 1. The number of carbonyl (C=O) groups is 1. The van der Waals surface area contributed by atoms with Gasteiger partial charge in [-0.15, -0.1) is 0 Å². The lowest BCUT2D eigenvalue weighted by Gasteiger charge is -2.11. The summed E-state index contributed by atoms with van der Waals surface area (Å²) < 4.78 is 32.6. The summed E-state index contributed by atoms with van der Waals surface area (Å²) in [6.45, 7) is 4.50. The van der Waals surface area contributed by atoms with E-state index in [0.717, 1.165) is 30.6 Å². The first-order chi connectivity index (χ1) is 16.2. The number of hydrogen-bond acceptors (Lipinski definition) is 7. The Bertz CT molecular complexity index is 1020. The molecule has 0 aromatic heterocycles. The molecule has 0 atom stereocenters. The van der Waals surface area contributed by atoms with Crippen molar-refractivity contribution in [3.05, 3.63) is 48.5 Å². The molecule has 1 amide bonds. The molecular formula is C24H35N5O4S. The lowest BCUT2D eigenvalue weighted by molar-refractivity contribution is 0.115. The Morgan fingerprint density at radius 3 is 1.94 bits per heavy atom. The van der Waals surface area contributed by atoms with Gasteiger partial charge in [0.1, 0.15) is 0 Å². The molecular weight excluding hydrogens is 454 g/mol. The zero-order valence-electron chi connectivity index (χ0n) is 20.3. The zero-order valence-corrected chi connectivity index (χ0v) is 21.1. The molecule has 0 spiro atoms. The standard InChI is InChI=1S/C24H35N5O4S/c1-19(2)33-24(30)25-17-7-5-6-8-18-26-34(31,32)23-15-11-21(12-16-23)28-27-20-9-13-22(14-10-20)29(3)4/h9-16,19,26H,5-8,17-18H2,1-4H3,(H,25,30). The SMILES string of the molecule is CC(C)OC(=O)NCCCCCCNS(=O)(=O)c1ccc(N=Nc2ccc(N(C)C)cc2)cc1. The van der Waals surface area contributed by atoms with E-state index in [4.69, 9.17) is 4.74 Å². The van der Waals surface area contributed by atoms with Crippen LogP contribution in [0.5, 0.6) is 0 Å². The van der Waals surface area contributed by atoms with Crippen molar-refractivity contribution < 1.29 is 17.9 Å². The molecule has 2 N–H and O–H groups in total. The van der Waals surface area contributed by atoms with Gasteiger partial charge in [0.15, 0.2) is 0 Å². The van der Waals surface area contributed by atoms with Crippen molar-refractivity contribution in [3.63, 3.8) is 0 Å². The number of ether oxygens (including phenoxy) is 1. The molecule has 0 saturated heterocycles. The third-order valence-corrected chi connectivity index (χ3v) is 6.28. The van der Waals surface area contributed by atoms with Gasteiger partial charge >= 0.3 is 6.09 Å². The van der Waals surface area contributed by atoms with Gasteiger partial charge in [-0.2, -0.15) is 10.2 Å². The van der Waals surface area contributed by atoms with E-state index in [0.29, 0.717) is 25.2 Å². The van der Waals surface area contributed by atoms with Crippen LogP contribution in [-0.4, -0.2) is 47.8 Å². The monoisotopic (exact) mass is 489 g/mol. The van der Waals surface area contributed by atoms with Crippen molar-refractivity contribution >= 4 is 33.2 Å². The summed E-state index contributed by atoms with van der Waals surface area (Å²) in [5.41, 5.74) is 2.36. The number of nitrogens with zero attached hydrogens (tertiary/aromatic N) is 3. The minimum Gasteiger partial charge on any atom is -0.447 e. The fraction of sp³-hybridized carbons (Fsp3) is 0.458. The number of benzene rings is 2. The van der Waals surface area contributed by atoms with E-state index in [1.165, 1.54) is 12.1 Å². The highest BCUT2D eigenvalue weighted by atomic mass is 32.2. The number of carbonyl (C=O) groups excluding carboxylic acids is 1. The predicted octanol–water partition coefficient (Wildman–Crippen LogP) is 5.14. The lowest BCUT2D eigenvalue weighted by Crippen LogP contribution is -2.27. The number of amides is 1. The maximum absolute atomic E-state index is 12.5. The highest BCUT2D eigenvalue weighted by Gasteiger charge is 2.13. The summed E-state index contributed by atoms with van der Waals surface area (Å²) in [5, 5.41) is 11.1.